The molecule has 1 heterocycles. The Labute approximate surface area is 103 Å². The summed E-state index contributed by atoms with van der Waals surface area (Å²) in [5.41, 5.74) is 6.10. The summed E-state index contributed by atoms with van der Waals surface area (Å²) in [6, 6.07) is 0.152. The molecule has 1 aromatic heterocycles. The van der Waals surface area contributed by atoms with Gasteiger partial charge in [0.05, 0.1) is 17.1 Å². The van der Waals surface area contributed by atoms with E-state index < -0.39 is 5.97 Å². The van der Waals surface area contributed by atoms with E-state index in [0.717, 1.165) is 6.42 Å². The molecule has 1 aromatic rings. The fourth-order valence-corrected chi connectivity index (χ4v) is 1.69. The van der Waals surface area contributed by atoms with Gasteiger partial charge in [-0.1, -0.05) is 6.92 Å². The minimum Gasteiger partial charge on any atom is -0.461 e. The van der Waals surface area contributed by atoms with Crippen LogP contribution in [0.2, 0.25) is 0 Å². The van der Waals surface area contributed by atoms with Crippen LogP contribution in [-0.2, 0) is 4.74 Å². The number of hydrogen-bond acceptors (Lipinski definition) is 4. The zero-order chi connectivity index (χ0) is 12.3. The summed E-state index contributed by atoms with van der Waals surface area (Å²) in [4.78, 5) is 11.6. The molecule has 0 spiro atoms. The summed E-state index contributed by atoms with van der Waals surface area (Å²) in [7, 11) is 0. The van der Waals surface area contributed by atoms with E-state index in [2.05, 4.69) is 21.0 Å². The third-order valence-electron chi connectivity index (χ3n) is 2.36. The number of nitrogen functional groups attached to an aromatic ring is 1. The normalized spacial score (nSPS) is 12.5. The smallest absolute Gasteiger partial charge is 0.360 e. The van der Waals surface area contributed by atoms with E-state index in [9.17, 15) is 4.79 Å². The first-order chi connectivity index (χ1) is 7.52. The second-order valence-corrected chi connectivity index (χ2v) is 4.26. The highest BCUT2D eigenvalue weighted by Crippen LogP contribution is 2.27. The highest BCUT2D eigenvalue weighted by molar-refractivity contribution is 9.10. The number of hydrogen-bond donors (Lipinski definition) is 1. The maximum absolute atomic E-state index is 11.6. The molecule has 0 aromatic carbocycles. The van der Waals surface area contributed by atoms with E-state index in [4.69, 9.17) is 10.5 Å². The van der Waals surface area contributed by atoms with Gasteiger partial charge < -0.3 is 10.5 Å². The number of anilines is 1. The monoisotopic (exact) mass is 289 g/mol. The number of carbonyl (C=O) groups is 1. The molecular weight excluding hydrogens is 274 g/mol. The Morgan fingerprint density at radius 3 is 2.75 bits per heavy atom. The SMILES string of the molecule is CCOC(=O)c1nn([C@H](C)CC)c(N)c1Br. The van der Waals surface area contributed by atoms with E-state index in [0.29, 0.717) is 16.9 Å². The van der Waals surface area contributed by atoms with Crippen molar-refractivity contribution < 1.29 is 9.53 Å². The molecule has 0 radical (unpaired) electrons. The molecule has 0 bridgehead atoms. The molecule has 5 nitrogen and oxygen atoms in total. The summed E-state index contributed by atoms with van der Waals surface area (Å²) in [6.45, 7) is 6.09. The molecule has 0 aliphatic heterocycles. The van der Waals surface area contributed by atoms with Crippen molar-refractivity contribution in [2.75, 3.05) is 12.3 Å². The molecule has 0 saturated heterocycles. The van der Waals surface area contributed by atoms with Crippen LogP contribution in [0.3, 0.4) is 0 Å². The topological polar surface area (TPSA) is 70.1 Å². The minimum absolute atomic E-state index is 0.152. The highest BCUT2D eigenvalue weighted by Gasteiger charge is 2.22. The van der Waals surface area contributed by atoms with Gasteiger partial charge in [0.2, 0.25) is 0 Å². The summed E-state index contributed by atoms with van der Waals surface area (Å²) >= 11 is 3.26. The number of nitrogens with zero attached hydrogens (tertiary/aromatic N) is 2. The summed E-state index contributed by atoms with van der Waals surface area (Å²) in [6.07, 6.45) is 0.889. The average molecular weight is 290 g/mol. The van der Waals surface area contributed by atoms with Crippen LogP contribution in [0.4, 0.5) is 5.82 Å². The molecule has 0 saturated carbocycles. The van der Waals surface area contributed by atoms with Crippen molar-refractivity contribution in [2.45, 2.75) is 33.2 Å². The van der Waals surface area contributed by atoms with Crippen molar-refractivity contribution >= 4 is 27.7 Å². The molecule has 16 heavy (non-hydrogen) atoms. The summed E-state index contributed by atoms with van der Waals surface area (Å²) < 4.78 is 7.03. The van der Waals surface area contributed by atoms with Crippen LogP contribution in [0, 0.1) is 0 Å². The minimum atomic E-state index is -0.455. The quantitative estimate of drug-likeness (QED) is 0.864. The maximum Gasteiger partial charge on any atom is 0.360 e. The molecule has 2 N–H and O–H groups in total. The number of esters is 1. The molecule has 90 valence electrons. The van der Waals surface area contributed by atoms with E-state index in [1.54, 1.807) is 11.6 Å². The molecule has 0 amide bonds. The fraction of sp³-hybridized carbons (Fsp3) is 0.600. The molecular formula is C10H16BrN3O2. The molecule has 0 unspecified atom stereocenters. The van der Waals surface area contributed by atoms with Gasteiger partial charge in [-0.3, -0.25) is 0 Å². The number of nitrogens with two attached hydrogens (primary N) is 1. The van der Waals surface area contributed by atoms with Gasteiger partial charge in [0.25, 0.3) is 0 Å². The Kier molecular flexibility index (Phi) is 4.35. The average Bonchev–Trinajstić information content (AvgIpc) is 2.56. The molecule has 0 aliphatic rings. The molecule has 1 rings (SSSR count). The van der Waals surface area contributed by atoms with E-state index in [1.165, 1.54) is 0 Å². The molecule has 1 atom stereocenters. The van der Waals surface area contributed by atoms with Gasteiger partial charge in [-0.15, -0.1) is 0 Å². The fourth-order valence-electron chi connectivity index (χ4n) is 1.27. The van der Waals surface area contributed by atoms with Gasteiger partial charge in [0.15, 0.2) is 5.69 Å². The van der Waals surface area contributed by atoms with Crippen LogP contribution in [0.15, 0.2) is 4.47 Å². The number of ether oxygens (including phenoxy) is 1. The lowest BCUT2D eigenvalue weighted by Gasteiger charge is -2.10. The van der Waals surface area contributed by atoms with Gasteiger partial charge >= 0.3 is 5.97 Å². The van der Waals surface area contributed by atoms with Gasteiger partial charge in [0.1, 0.15) is 5.82 Å². The van der Waals surface area contributed by atoms with Crippen LogP contribution in [0.5, 0.6) is 0 Å². The number of aromatic nitrogens is 2. The molecule has 6 heteroatoms. The van der Waals surface area contributed by atoms with Crippen molar-refractivity contribution in [3.63, 3.8) is 0 Å². The predicted octanol–water partition coefficient (Wildman–Crippen LogP) is 2.38. The third kappa shape index (κ3) is 2.37. The third-order valence-corrected chi connectivity index (χ3v) is 3.15. The van der Waals surface area contributed by atoms with Crippen LogP contribution in [0.1, 0.15) is 43.7 Å². The zero-order valence-electron chi connectivity index (χ0n) is 9.66. The number of carbonyl (C=O) groups excluding carboxylic acids is 1. The largest absolute Gasteiger partial charge is 0.461 e. The first kappa shape index (κ1) is 13.0. The lowest BCUT2D eigenvalue weighted by Crippen LogP contribution is -2.11. The van der Waals surface area contributed by atoms with Gasteiger partial charge in [-0.2, -0.15) is 5.10 Å². The lowest BCUT2D eigenvalue weighted by atomic mass is 10.3. The van der Waals surface area contributed by atoms with Crippen LogP contribution < -0.4 is 5.73 Å². The van der Waals surface area contributed by atoms with Crippen molar-refractivity contribution in [1.82, 2.24) is 9.78 Å². The summed E-state index contributed by atoms with van der Waals surface area (Å²) in [5, 5.41) is 4.17. The van der Waals surface area contributed by atoms with Gasteiger partial charge in [-0.25, -0.2) is 9.48 Å². The van der Waals surface area contributed by atoms with E-state index in [1.807, 2.05) is 13.8 Å². The Hall–Kier alpha value is -1.04. The number of rotatable bonds is 4. The Morgan fingerprint density at radius 2 is 2.25 bits per heavy atom. The maximum atomic E-state index is 11.6. The van der Waals surface area contributed by atoms with Gasteiger partial charge in [-0.05, 0) is 36.2 Å². The molecule has 0 aliphatic carbocycles. The number of halogens is 1. The van der Waals surface area contributed by atoms with Crippen LogP contribution in [-0.4, -0.2) is 22.4 Å². The highest BCUT2D eigenvalue weighted by atomic mass is 79.9. The van der Waals surface area contributed by atoms with Crippen molar-refractivity contribution in [1.29, 1.82) is 0 Å². The predicted molar refractivity (Wildman–Crippen MR) is 65.3 cm³/mol. The van der Waals surface area contributed by atoms with Gasteiger partial charge in [0, 0.05) is 0 Å². The first-order valence-electron chi connectivity index (χ1n) is 5.23. The second kappa shape index (κ2) is 5.34. The first-order valence-corrected chi connectivity index (χ1v) is 6.02. The zero-order valence-corrected chi connectivity index (χ0v) is 11.2. The Morgan fingerprint density at radius 1 is 1.62 bits per heavy atom. The van der Waals surface area contributed by atoms with Crippen LogP contribution >= 0.6 is 15.9 Å². The Bertz CT molecular complexity index is 390. The lowest BCUT2D eigenvalue weighted by molar-refractivity contribution is 0.0517. The molecule has 0 fully saturated rings. The van der Waals surface area contributed by atoms with E-state index >= 15 is 0 Å². The van der Waals surface area contributed by atoms with Crippen molar-refractivity contribution in [3.8, 4) is 0 Å². The Balaban J connectivity index is 3.09. The van der Waals surface area contributed by atoms with Crippen molar-refractivity contribution in [2.24, 2.45) is 0 Å². The summed E-state index contributed by atoms with van der Waals surface area (Å²) in [5.74, 6) is 0.000492. The standard InChI is InChI=1S/C10H16BrN3O2/c1-4-6(3)14-9(12)7(11)8(13-14)10(15)16-5-2/h6H,4-5,12H2,1-3H3/t6-/m1/s1. The second-order valence-electron chi connectivity index (χ2n) is 3.47. The van der Waals surface area contributed by atoms with E-state index in [-0.39, 0.29) is 11.7 Å². The van der Waals surface area contributed by atoms with Crippen molar-refractivity contribution in [3.05, 3.63) is 10.2 Å². The van der Waals surface area contributed by atoms with Crippen LogP contribution in [0.25, 0.3) is 0 Å².